The van der Waals surface area contributed by atoms with Gasteiger partial charge in [-0.2, -0.15) is 0 Å². The van der Waals surface area contributed by atoms with E-state index in [2.05, 4.69) is 39.8 Å². The van der Waals surface area contributed by atoms with Gasteiger partial charge in [0.1, 0.15) is 5.75 Å². The quantitative estimate of drug-likeness (QED) is 0.680. The molecule has 0 unspecified atom stereocenters. The number of benzene rings is 2. The van der Waals surface area contributed by atoms with Gasteiger partial charge in [-0.05, 0) is 18.6 Å². The minimum atomic E-state index is -0.662. The summed E-state index contributed by atoms with van der Waals surface area (Å²) in [5, 5.41) is 5.45. The first-order valence-corrected chi connectivity index (χ1v) is 10.1. The van der Waals surface area contributed by atoms with E-state index in [1.807, 2.05) is 31.2 Å². The molecule has 0 aromatic heterocycles. The summed E-state index contributed by atoms with van der Waals surface area (Å²) in [7, 11) is 1.57. The van der Waals surface area contributed by atoms with Gasteiger partial charge in [0.15, 0.2) is 0 Å². The van der Waals surface area contributed by atoms with Gasteiger partial charge in [0.05, 0.1) is 26.4 Å². The van der Waals surface area contributed by atoms with E-state index in [0.29, 0.717) is 25.5 Å². The topological polar surface area (TPSA) is 79.9 Å². The van der Waals surface area contributed by atoms with E-state index >= 15 is 0 Å². The summed E-state index contributed by atoms with van der Waals surface area (Å²) in [5.41, 5.74) is 3.10. The fraction of sp³-hybridized carbons (Fsp3) is 0.391. The van der Waals surface area contributed by atoms with Gasteiger partial charge in [0, 0.05) is 31.7 Å². The van der Waals surface area contributed by atoms with E-state index in [1.165, 1.54) is 5.56 Å². The van der Waals surface area contributed by atoms with Crippen molar-refractivity contribution in [1.82, 2.24) is 15.5 Å². The van der Waals surface area contributed by atoms with Gasteiger partial charge in [-0.1, -0.05) is 48.0 Å². The monoisotopic (exact) mass is 411 g/mol. The zero-order chi connectivity index (χ0) is 21.3. The Kier molecular flexibility index (Phi) is 7.82. The molecule has 1 saturated heterocycles. The van der Waals surface area contributed by atoms with Crippen molar-refractivity contribution >= 4 is 11.8 Å². The molecule has 0 aliphatic carbocycles. The minimum absolute atomic E-state index is 0.0135. The summed E-state index contributed by atoms with van der Waals surface area (Å²) in [5.74, 6) is -0.634. The summed E-state index contributed by atoms with van der Waals surface area (Å²) in [6.45, 7) is 5.51. The molecule has 160 valence electrons. The summed E-state index contributed by atoms with van der Waals surface area (Å²) in [4.78, 5) is 27.0. The Labute approximate surface area is 177 Å². The number of carbonyl (C=O) groups is 2. The van der Waals surface area contributed by atoms with Crippen LogP contribution in [0.1, 0.15) is 22.7 Å². The Morgan fingerprint density at radius 3 is 2.40 bits per heavy atom. The average molecular weight is 412 g/mol. The van der Waals surface area contributed by atoms with Crippen LogP contribution in [0.5, 0.6) is 5.75 Å². The van der Waals surface area contributed by atoms with Gasteiger partial charge < -0.3 is 20.1 Å². The first-order chi connectivity index (χ1) is 14.6. The standard InChI is InChI=1S/C23H29N3O4/c1-17-7-9-18(10-8-17)20(26-11-13-30-14-12-26)16-25-23(28)22(27)24-15-19-5-3-4-6-21(19)29-2/h3-10,20H,11-16H2,1-2H3,(H,24,27)(H,25,28)/t20-/m1/s1. The first kappa shape index (κ1) is 21.8. The number of aryl methyl sites for hydroxylation is 1. The number of ether oxygens (including phenoxy) is 2. The molecule has 7 nitrogen and oxygen atoms in total. The summed E-state index contributed by atoms with van der Waals surface area (Å²) in [6, 6.07) is 15.6. The van der Waals surface area contributed by atoms with Crippen LogP contribution in [0.4, 0.5) is 0 Å². The van der Waals surface area contributed by atoms with E-state index < -0.39 is 11.8 Å². The Bertz CT molecular complexity index is 848. The largest absolute Gasteiger partial charge is 0.496 e. The number of hydrogen-bond acceptors (Lipinski definition) is 5. The SMILES string of the molecule is COc1ccccc1CNC(=O)C(=O)NC[C@H](c1ccc(C)cc1)N1CCOCC1. The van der Waals surface area contributed by atoms with Gasteiger partial charge in [0.2, 0.25) is 0 Å². The van der Waals surface area contributed by atoms with Crippen molar-refractivity contribution in [1.29, 1.82) is 0 Å². The van der Waals surface area contributed by atoms with E-state index in [9.17, 15) is 9.59 Å². The Hall–Kier alpha value is -2.90. The zero-order valence-electron chi connectivity index (χ0n) is 17.5. The smallest absolute Gasteiger partial charge is 0.309 e. The van der Waals surface area contributed by atoms with Crippen molar-refractivity contribution in [2.24, 2.45) is 0 Å². The molecule has 1 fully saturated rings. The lowest BCUT2D eigenvalue weighted by molar-refractivity contribution is -0.139. The third-order valence-electron chi connectivity index (χ3n) is 5.24. The molecule has 0 saturated carbocycles. The minimum Gasteiger partial charge on any atom is -0.496 e. The second kappa shape index (κ2) is 10.8. The molecule has 2 N–H and O–H groups in total. The van der Waals surface area contributed by atoms with Crippen molar-refractivity contribution in [3.05, 3.63) is 65.2 Å². The second-order valence-electron chi connectivity index (χ2n) is 7.28. The number of amides is 2. The molecule has 30 heavy (non-hydrogen) atoms. The summed E-state index contributed by atoms with van der Waals surface area (Å²) in [6.07, 6.45) is 0. The van der Waals surface area contributed by atoms with Crippen LogP contribution in [-0.4, -0.2) is 56.7 Å². The van der Waals surface area contributed by atoms with Gasteiger partial charge in [-0.25, -0.2) is 0 Å². The fourth-order valence-electron chi connectivity index (χ4n) is 3.51. The van der Waals surface area contributed by atoms with Crippen LogP contribution in [0.3, 0.4) is 0 Å². The molecule has 1 aliphatic heterocycles. The molecular formula is C23H29N3O4. The molecule has 2 amide bonds. The Morgan fingerprint density at radius 2 is 1.70 bits per heavy atom. The van der Waals surface area contributed by atoms with E-state index in [4.69, 9.17) is 9.47 Å². The van der Waals surface area contributed by atoms with Crippen molar-refractivity contribution in [3.8, 4) is 5.75 Å². The zero-order valence-corrected chi connectivity index (χ0v) is 17.5. The molecule has 2 aromatic rings. The highest BCUT2D eigenvalue weighted by molar-refractivity contribution is 6.35. The third-order valence-corrected chi connectivity index (χ3v) is 5.24. The number of para-hydroxylation sites is 1. The number of hydrogen-bond donors (Lipinski definition) is 2. The lowest BCUT2D eigenvalue weighted by Gasteiger charge is -2.35. The van der Waals surface area contributed by atoms with E-state index in [-0.39, 0.29) is 12.6 Å². The summed E-state index contributed by atoms with van der Waals surface area (Å²) >= 11 is 0. The highest BCUT2D eigenvalue weighted by atomic mass is 16.5. The van der Waals surface area contributed by atoms with Crippen LogP contribution < -0.4 is 15.4 Å². The highest BCUT2D eigenvalue weighted by Crippen LogP contribution is 2.22. The molecular weight excluding hydrogens is 382 g/mol. The molecule has 0 bridgehead atoms. The predicted octanol–water partition coefficient (Wildman–Crippen LogP) is 1.81. The molecule has 0 radical (unpaired) electrons. The van der Waals surface area contributed by atoms with Crippen LogP contribution in [0.2, 0.25) is 0 Å². The van der Waals surface area contributed by atoms with Crippen LogP contribution in [0.25, 0.3) is 0 Å². The molecule has 2 aromatic carbocycles. The molecule has 3 rings (SSSR count). The lowest BCUT2D eigenvalue weighted by atomic mass is 10.0. The normalized spacial score (nSPS) is 15.3. The molecule has 1 aliphatic rings. The van der Waals surface area contributed by atoms with Gasteiger partial charge >= 0.3 is 11.8 Å². The third kappa shape index (κ3) is 5.81. The molecule has 1 heterocycles. The van der Waals surface area contributed by atoms with Crippen LogP contribution in [-0.2, 0) is 20.9 Å². The number of nitrogens with zero attached hydrogens (tertiary/aromatic N) is 1. The van der Waals surface area contributed by atoms with Crippen LogP contribution >= 0.6 is 0 Å². The van der Waals surface area contributed by atoms with Gasteiger partial charge in [-0.3, -0.25) is 14.5 Å². The maximum atomic E-state index is 12.4. The Morgan fingerprint density at radius 1 is 1.03 bits per heavy atom. The maximum Gasteiger partial charge on any atom is 0.309 e. The number of morpholine rings is 1. The van der Waals surface area contributed by atoms with Crippen molar-refractivity contribution in [2.75, 3.05) is 40.0 Å². The Balaban J connectivity index is 1.59. The van der Waals surface area contributed by atoms with E-state index in [0.717, 1.165) is 24.2 Å². The fourth-order valence-corrected chi connectivity index (χ4v) is 3.51. The van der Waals surface area contributed by atoms with Crippen molar-refractivity contribution in [3.63, 3.8) is 0 Å². The second-order valence-corrected chi connectivity index (χ2v) is 7.28. The first-order valence-electron chi connectivity index (χ1n) is 10.1. The average Bonchev–Trinajstić information content (AvgIpc) is 2.79. The number of rotatable bonds is 7. The van der Waals surface area contributed by atoms with Crippen LogP contribution in [0.15, 0.2) is 48.5 Å². The van der Waals surface area contributed by atoms with E-state index in [1.54, 1.807) is 7.11 Å². The lowest BCUT2D eigenvalue weighted by Crippen LogP contribution is -2.46. The van der Waals surface area contributed by atoms with Crippen LogP contribution in [0, 0.1) is 6.92 Å². The molecule has 1 atom stereocenters. The van der Waals surface area contributed by atoms with Gasteiger partial charge in [-0.15, -0.1) is 0 Å². The predicted molar refractivity (Wildman–Crippen MR) is 114 cm³/mol. The van der Waals surface area contributed by atoms with Crippen molar-refractivity contribution < 1.29 is 19.1 Å². The summed E-state index contributed by atoms with van der Waals surface area (Å²) < 4.78 is 10.7. The number of carbonyl (C=O) groups excluding carboxylic acids is 2. The molecule has 0 spiro atoms. The number of nitrogens with one attached hydrogen (secondary N) is 2. The number of methoxy groups -OCH3 is 1. The molecule has 7 heteroatoms. The van der Waals surface area contributed by atoms with Gasteiger partial charge in [0.25, 0.3) is 0 Å². The highest BCUT2D eigenvalue weighted by Gasteiger charge is 2.24. The van der Waals surface area contributed by atoms with Crippen molar-refractivity contribution in [2.45, 2.75) is 19.5 Å². The maximum absolute atomic E-state index is 12.4.